The molecule has 0 unspecified atom stereocenters. The van der Waals surface area contributed by atoms with E-state index in [1.54, 1.807) is 0 Å². The molecule has 6 nitrogen and oxygen atoms in total. The van der Waals surface area contributed by atoms with Crippen LogP contribution in [0.25, 0.3) is 0 Å². The first-order valence-electron chi connectivity index (χ1n) is 7.84. The van der Waals surface area contributed by atoms with E-state index >= 15 is 0 Å². The largest absolute Gasteiger partial charge is 0.417 e. The number of carbonyl (C=O) groups is 1. The quantitative estimate of drug-likeness (QED) is 0.567. The van der Waals surface area contributed by atoms with Crippen LogP contribution in [0.3, 0.4) is 0 Å². The maximum absolute atomic E-state index is 13.0. The number of halogens is 4. The molecule has 0 aliphatic rings. The van der Waals surface area contributed by atoms with Gasteiger partial charge in [-0.2, -0.15) is 13.2 Å². The molecule has 1 aromatic heterocycles. The summed E-state index contributed by atoms with van der Waals surface area (Å²) in [5.41, 5.74) is -1.26. The first-order chi connectivity index (χ1) is 13.6. The van der Waals surface area contributed by atoms with Crippen LogP contribution in [0.15, 0.2) is 52.9 Å². The Kier molecular flexibility index (Phi) is 5.92. The van der Waals surface area contributed by atoms with Crippen molar-refractivity contribution in [3.63, 3.8) is 0 Å². The number of rotatable bonds is 5. The van der Waals surface area contributed by atoms with Crippen molar-refractivity contribution >= 4 is 43.8 Å². The Bertz CT molecular complexity index is 1150. The van der Waals surface area contributed by atoms with Gasteiger partial charge in [0, 0.05) is 5.02 Å². The lowest BCUT2D eigenvalue weighted by atomic mass is 10.1. The van der Waals surface area contributed by atoms with Gasteiger partial charge in [0.05, 0.1) is 16.9 Å². The number of benzene rings is 2. The van der Waals surface area contributed by atoms with Crippen molar-refractivity contribution in [3.8, 4) is 0 Å². The Labute approximate surface area is 172 Å². The lowest BCUT2D eigenvalue weighted by Gasteiger charge is -2.11. The van der Waals surface area contributed by atoms with E-state index in [9.17, 15) is 26.4 Å². The van der Waals surface area contributed by atoms with Gasteiger partial charge in [-0.25, -0.2) is 8.42 Å². The molecular formula is C17H11ClF3N3O3S2. The molecule has 1 N–H and O–H groups in total. The fraction of sp³-hybridized carbons (Fsp3) is 0.118. The smallest absolute Gasteiger partial charge is 0.296 e. The predicted molar refractivity (Wildman–Crippen MR) is 102 cm³/mol. The SMILES string of the molecule is O=C(Nc1nnc(S(=O)(=O)Cc2ccc(Cl)cc2)s1)c1ccccc1C(F)(F)F. The number of nitrogens with one attached hydrogen (secondary N) is 1. The van der Waals surface area contributed by atoms with E-state index < -0.39 is 33.0 Å². The van der Waals surface area contributed by atoms with Crippen molar-refractivity contribution in [1.29, 1.82) is 0 Å². The van der Waals surface area contributed by atoms with Crippen LogP contribution in [0.5, 0.6) is 0 Å². The van der Waals surface area contributed by atoms with Crippen molar-refractivity contribution < 1.29 is 26.4 Å². The molecule has 1 heterocycles. The average Bonchev–Trinajstić information content (AvgIpc) is 3.12. The summed E-state index contributed by atoms with van der Waals surface area (Å²) in [5.74, 6) is -1.44. The van der Waals surface area contributed by atoms with Crippen molar-refractivity contribution in [2.24, 2.45) is 0 Å². The number of aromatic nitrogens is 2. The molecule has 2 aromatic carbocycles. The van der Waals surface area contributed by atoms with E-state index in [2.05, 4.69) is 15.5 Å². The number of alkyl halides is 3. The molecule has 1 amide bonds. The Morgan fingerprint density at radius 2 is 1.72 bits per heavy atom. The highest BCUT2D eigenvalue weighted by atomic mass is 35.5. The molecule has 152 valence electrons. The summed E-state index contributed by atoms with van der Waals surface area (Å²) in [5, 5.41) is 9.46. The van der Waals surface area contributed by atoms with Gasteiger partial charge in [-0.1, -0.05) is 47.2 Å². The second kappa shape index (κ2) is 8.09. The second-order valence-electron chi connectivity index (χ2n) is 5.76. The molecule has 0 bridgehead atoms. The molecule has 29 heavy (non-hydrogen) atoms. The molecule has 3 rings (SSSR count). The minimum Gasteiger partial charge on any atom is -0.296 e. The number of amides is 1. The minimum absolute atomic E-state index is 0.235. The number of anilines is 1. The summed E-state index contributed by atoms with van der Waals surface area (Å²) in [6.07, 6.45) is -4.72. The third-order valence-electron chi connectivity index (χ3n) is 3.64. The predicted octanol–water partition coefficient (Wildman–Crippen LogP) is 4.44. The molecule has 0 saturated heterocycles. The van der Waals surface area contributed by atoms with E-state index in [0.29, 0.717) is 21.9 Å². The van der Waals surface area contributed by atoms with Crippen LogP contribution in [0.2, 0.25) is 5.02 Å². The second-order valence-corrected chi connectivity index (χ2v) is 9.33. The zero-order valence-electron chi connectivity index (χ0n) is 14.3. The molecule has 0 saturated carbocycles. The zero-order valence-corrected chi connectivity index (χ0v) is 16.7. The number of nitrogens with zero attached hydrogens (tertiary/aromatic N) is 2. The van der Waals surface area contributed by atoms with Gasteiger partial charge >= 0.3 is 6.18 Å². The molecule has 0 spiro atoms. The molecule has 0 radical (unpaired) electrons. The highest BCUT2D eigenvalue weighted by Gasteiger charge is 2.35. The van der Waals surface area contributed by atoms with E-state index in [4.69, 9.17) is 11.6 Å². The summed E-state index contributed by atoms with van der Waals surface area (Å²) in [7, 11) is -3.87. The van der Waals surface area contributed by atoms with Gasteiger partial charge < -0.3 is 0 Å². The first-order valence-corrected chi connectivity index (χ1v) is 10.7. The number of sulfone groups is 1. The van der Waals surface area contributed by atoms with E-state index in [0.717, 1.165) is 18.2 Å². The van der Waals surface area contributed by atoms with Crippen LogP contribution in [0.4, 0.5) is 18.3 Å². The van der Waals surface area contributed by atoms with E-state index in [1.165, 1.54) is 30.3 Å². The molecule has 0 aliphatic heterocycles. The van der Waals surface area contributed by atoms with Gasteiger partial charge in [-0.3, -0.25) is 10.1 Å². The van der Waals surface area contributed by atoms with E-state index in [-0.39, 0.29) is 15.2 Å². The summed E-state index contributed by atoms with van der Waals surface area (Å²) in [4.78, 5) is 12.2. The van der Waals surface area contributed by atoms with Crippen LogP contribution in [-0.2, 0) is 21.8 Å². The Hall–Kier alpha value is -2.50. The van der Waals surface area contributed by atoms with Gasteiger partial charge in [0.1, 0.15) is 0 Å². The van der Waals surface area contributed by atoms with Crippen molar-refractivity contribution in [1.82, 2.24) is 10.2 Å². The monoisotopic (exact) mass is 461 g/mol. The summed E-state index contributed by atoms with van der Waals surface area (Å²) in [6.45, 7) is 0. The minimum atomic E-state index is -4.72. The highest BCUT2D eigenvalue weighted by Crippen LogP contribution is 2.32. The van der Waals surface area contributed by atoms with Gasteiger partial charge in [0.25, 0.3) is 5.91 Å². The van der Waals surface area contributed by atoms with Crippen LogP contribution >= 0.6 is 22.9 Å². The average molecular weight is 462 g/mol. The molecule has 0 fully saturated rings. The molecular weight excluding hydrogens is 451 g/mol. The topological polar surface area (TPSA) is 89.0 Å². The fourth-order valence-corrected chi connectivity index (χ4v) is 4.78. The zero-order chi connectivity index (χ0) is 21.2. The maximum atomic E-state index is 13.0. The number of hydrogen-bond donors (Lipinski definition) is 1. The number of hydrogen-bond acceptors (Lipinski definition) is 6. The molecule has 0 atom stereocenters. The Morgan fingerprint density at radius 1 is 1.07 bits per heavy atom. The summed E-state index contributed by atoms with van der Waals surface area (Å²) < 4.78 is 63.7. The highest BCUT2D eigenvalue weighted by molar-refractivity contribution is 7.92. The van der Waals surface area contributed by atoms with Crippen molar-refractivity contribution in [2.45, 2.75) is 16.3 Å². The third-order valence-corrected chi connectivity index (χ3v) is 6.86. The van der Waals surface area contributed by atoms with Gasteiger partial charge in [-0.15, -0.1) is 10.2 Å². The van der Waals surface area contributed by atoms with E-state index in [1.807, 2.05) is 0 Å². The number of carbonyl (C=O) groups excluding carboxylic acids is 1. The Morgan fingerprint density at radius 3 is 2.38 bits per heavy atom. The van der Waals surface area contributed by atoms with Crippen LogP contribution < -0.4 is 5.32 Å². The lowest BCUT2D eigenvalue weighted by molar-refractivity contribution is -0.137. The third kappa shape index (κ3) is 5.11. The molecule has 3 aromatic rings. The normalized spacial score (nSPS) is 12.0. The maximum Gasteiger partial charge on any atom is 0.417 e. The summed E-state index contributed by atoms with van der Waals surface area (Å²) in [6, 6.07) is 10.4. The van der Waals surface area contributed by atoms with Crippen LogP contribution in [0.1, 0.15) is 21.5 Å². The first kappa shape index (κ1) is 21.2. The van der Waals surface area contributed by atoms with Crippen LogP contribution in [-0.4, -0.2) is 24.5 Å². The summed E-state index contributed by atoms with van der Waals surface area (Å²) >= 11 is 6.31. The van der Waals surface area contributed by atoms with Gasteiger partial charge in [0.2, 0.25) is 19.3 Å². The lowest BCUT2D eigenvalue weighted by Crippen LogP contribution is -2.18. The van der Waals surface area contributed by atoms with Crippen molar-refractivity contribution in [3.05, 3.63) is 70.2 Å². The Balaban J connectivity index is 1.78. The van der Waals surface area contributed by atoms with Crippen molar-refractivity contribution in [2.75, 3.05) is 5.32 Å². The standard InChI is InChI=1S/C17H11ClF3N3O3S2/c18-11-7-5-10(6-8-11)9-29(26,27)16-24-23-15(28-16)22-14(25)12-3-1-2-4-13(12)17(19,20)21/h1-8H,9H2,(H,22,23,25). The van der Waals surface area contributed by atoms with Gasteiger partial charge in [-0.05, 0) is 29.8 Å². The molecule has 12 heteroatoms. The van der Waals surface area contributed by atoms with Crippen LogP contribution in [0, 0.1) is 0 Å². The van der Waals surface area contributed by atoms with Gasteiger partial charge in [0.15, 0.2) is 0 Å². The molecule has 0 aliphatic carbocycles. The fourth-order valence-electron chi connectivity index (χ4n) is 2.34.